The van der Waals surface area contributed by atoms with Crippen LogP contribution in [-0.4, -0.2) is 23.0 Å². The molecule has 0 radical (unpaired) electrons. The molecule has 0 unspecified atom stereocenters. The second kappa shape index (κ2) is 2.38. The van der Waals surface area contributed by atoms with Crippen molar-refractivity contribution < 1.29 is 4.79 Å². The molecule has 0 aliphatic carbocycles. The van der Waals surface area contributed by atoms with E-state index in [1.54, 1.807) is 20.0 Å². The Balaban J connectivity index is 2.92. The maximum absolute atomic E-state index is 11.1. The van der Waals surface area contributed by atoms with E-state index in [2.05, 4.69) is 5.32 Å². The average Bonchev–Trinajstić information content (AvgIpc) is 2.17. The predicted molar refractivity (Wildman–Crippen MR) is 42.3 cm³/mol. The first-order valence-corrected chi connectivity index (χ1v) is 3.33. The van der Waals surface area contributed by atoms with E-state index in [4.69, 9.17) is 12.2 Å². The van der Waals surface area contributed by atoms with Crippen molar-refractivity contribution in [1.82, 2.24) is 10.2 Å². The van der Waals surface area contributed by atoms with E-state index in [1.165, 1.54) is 4.90 Å². The maximum atomic E-state index is 11.1. The van der Waals surface area contributed by atoms with Gasteiger partial charge in [-0.25, -0.2) is 0 Å². The van der Waals surface area contributed by atoms with Gasteiger partial charge in [0.25, 0.3) is 5.91 Å². The molecule has 0 atom stereocenters. The third-order valence-electron chi connectivity index (χ3n) is 1.37. The molecule has 0 aromatic heterocycles. The van der Waals surface area contributed by atoms with E-state index in [0.29, 0.717) is 10.8 Å². The van der Waals surface area contributed by atoms with Gasteiger partial charge in [-0.15, -0.1) is 0 Å². The fourth-order valence-electron chi connectivity index (χ4n) is 0.721. The summed E-state index contributed by atoms with van der Waals surface area (Å²) in [5.74, 6) is -0.0625. The van der Waals surface area contributed by atoms with E-state index < -0.39 is 0 Å². The number of amides is 1. The van der Waals surface area contributed by atoms with Crippen LogP contribution in [0.25, 0.3) is 0 Å². The van der Waals surface area contributed by atoms with E-state index in [0.717, 1.165) is 0 Å². The zero-order valence-electron chi connectivity index (χ0n) is 5.84. The predicted octanol–water partition coefficient (Wildman–Crippen LogP) is 0.237. The number of nitrogens with one attached hydrogen (secondary N) is 1. The number of hydrogen-bond donors (Lipinski definition) is 1. The van der Waals surface area contributed by atoms with E-state index in [1.807, 2.05) is 0 Å². The van der Waals surface area contributed by atoms with Crippen LogP contribution in [0.1, 0.15) is 6.92 Å². The van der Waals surface area contributed by atoms with Gasteiger partial charge in [-0.3, -0.25) is 9.69 Å². The first-order chi connectivity index (χ1) is 4.66. The van der Waals surface area contributed by atoms with Gasteiger partial charge in [0.2, 0.25) is 0 Å². The normalized spacial score (nSPS) is 22.2. The van der Waals surface area contributed by atoms with Crippen molar-refractivity contribution in [1.29, 1.82) is 0 Å². The van der Waals surface area contributed by atoms with Crippen molar-refractivity contribution in [3.63, 3.8) is 0 Å². The first kappa shape index (κ1) is 7.21. The zero-order valence-corrected chi connectivity index (χ0v) is 6.66. The SMILES string of the molecule is C/C=C1\NC(=S)N(C)C1=O. The van der Waals surface area contributed by atoms with E-state index in [9.17, 15) is 4.79 Å². The second-order valence-electron chi connectivity index (χ2n) is 2.00. The molecule has 1 heterocycles. The molecule has 10 heavy (non-hydrogen) atoms. The van der Waals surface area contributed by atoms with E-state index in [-0.39, 0.29) is 5.91 Å². The number of nitrogens with zero attached hydrogens (tertiary/aromatic N) is 1. The molecule has 0 bridgehead atoms. The summed E-state index contributed by atoms with van der Waals surface area (Å²) in [5, 5.41) is 3.24. The third-order valence-corrected chi connectivity index (χ3v) is 1.75. The van der Waals surface area contributed by atoms with Crippen molar-refractivity contribution in [2.45, 2.75) is 6.92 Å². The summed E-state index contributed by atoms with van der Waals surface area (Å²) >= 11 is 4.82. The molecule has 54 valence electrons. The summed E-state index contributed by atoms with van der Waals surface area (Å²) in [6, 6.07) is 0. The van der Waals surface area contributed by atoms with Crippen LogP contribution in [0.5, 0.6) is 0 Å². The summed E-state index contributed by atoms with van der Waals surface area (Å²) in [4.78, 5) is 12.5. The van der Waals surface area contributed by atoms with Crippen molar-refractivity contribution >= 4 is 23.2 Å². The fraction of sp³-hybridized carbons (Fsp3) is 0.333. The largest absolute Gasteiger partial charge is 0.328 e. The van der Waals surface area contributed by atoms with Gasteiger partial charge < -0.3 is 5.32 Å². The van der Waals surface area contributed by atoms with Gasteiger partial charge in [-0.1, -0.05) is 6.08 Å². The molecule has 4 heteroatoms. The Morgan fingerprint density at radius 3 is 2.50 bits per heavy atom. The van der Waals surface area contributed by atoms with E-state index >= 15 is 0 Å². The van der Waals surface area contributed by atoms with Crippen LogP contribution in [0.4, 0.5) is 0 Å². The van der Waals surface area contributed by atoms with Gasteiger partial charge in [0.1, 0.15) is 5.70 Å². The van der Waals surface area contributed by atoms with Crippen LogP contribution in [-0.2, 0) is 4.79 Å². The number of likely N-dealkylation sites (N-methyl/N-ethyl adjacent to an activating group) is 1. The Bertz CT molecular complexity index is 222. The zero-order chi connectivity index (χ0) is 7.72. The Morgan fingerprint density at radius 1 is 1.70 bits per heavy atom. The highest BCUT2D eigenvalue weighted by atomic mass is 32.1. The molecule has 1 fully saturated rings. The number of allylic oxidation sites excluding steroid dienone is 1. The third kappa shape index (κ3) is 0.903. The Hall–Kier alpha value is -0.900. The average molecular weight is 156 g/mol. The number of carbonyl (C=O) groups is 1. The number of hydrogen-bond acceptors (Lipinski definition) is 2. The summed E-state index contributed by atoms with van der Waals surface area (Å²) in [5.41, 5.74) is 0.563. The Kier molecular flexibility index (Phi) is 1.72. The lowest BCUT2D eigenvalue weighted by Gasteiger charge is -2.02. The molecule has 1 rings (SSSR count). The number of thiocarbonyl (C=S) groups is 1. The van der Waals surface area contributed by atoms with Crippen molar-refractivity contribution in [3.05, 3.63) is 11.8 Å². The number of carbonyl (C=O) groups excluding carboxylic acids is 1. The van der Waals surface area contributed by atoms with Crippen LogP contribution < -0.4 is 5.32 Å². The molecule has 3 nitrogen and oxygen atoms in total. The van der Waals surface area contributed by atoms with Gasteiger partial charge in [0.05, 0.1) is 0 Å². The second-order valence-corrected chi connectivity index (χ2v) is 2.38. The maximum Gasteiger partial charge on any atom is 0.275 e. The summed E-state index contributed by atoms with van der Waals surface area (Å²) in [7, 11) is 1.65. The smallest absolute Gasteiger partial charge is 0.275 e. The minimum absolute atomic E-state index is 0.0625. The molecule has 0 spiro atoms. The van der Waals surface area contributed by atoms with Crippen LogP contribution in [0.15, 0.2) is 11.8 Å². The van der Waals surface area contributed by atoms with Gasteiger partial charge in [0.15, 0.2) is 5.11 Å². The van der Waals surface area contributed by atoms with Gasteiger partial charge in [-0.2, -0.15) is 0 Å². The molecular weight excluding hydrogens is 148 g/mol. The van der Waals surface area contributed by atoms with Crippen LogP contribution >= 0.6 is 12.2 Å². The summed E-state index contributed by atoms with van der Waals surface area (Å²) in [6.45, 7) is 1.79. The first-order valence-electron chi connectivity index (χ1n) is 2.92. The molecule has 0 saturated carbocycles. The van der Waals surface area contributed by atoms with Crippen LogP contribution in [0.3, 0.4) is 0 Å². The van der Waals surface area contributed by atoms with Gasteiger partial charge in [-0.05, 0) is 19.1 Å². The Labute approximate surface area is 64.7 Å². The van der Waals surface area contributed by atoms with Gasteiger partial charge >= 0.3 is 0 Å². The fourth-order valence-corrected chi connectivity index (χ4v) is 0.914. The molecule has 1 N–H and O–H groups in total. The molecule has 0 aromatic rings. The lowest BCUT2D eigenvalue weighted by molar-refractivity contribution is -0.121. The molecule has 1 saturated heterocycles. The number of rotatable bonds is 0. The summed E-state index contributed by atoms with van der Waals surface area (Å²) < 4.78 is 0. The lowest BCUT2D eigenvalue weighted by Crippen LogP contribution is -2.25. The van der Waals surface area contributed by atoms with Crippen LogP contribution in [0, 0.1) is 0 Å². The minimum Gasteiger partial charge on any atom is -0.328 e. The summed E-state index contributed by atoms with van der Waals surface area (Å²) in [6.07, 6.45) is 1.71. The van der Waals surface area contributed by atoms with Crippen molar-refractivity contribution in [2.75, 3.05) is 7.05 Å². The molecule has 1 aliphatic rings. The highest BCUT2D eigenvalue weighted by molar-refractivity contribution is 7.80. The van der Waals surface area contributed by atoms with Crippen molar-refractivity contribution in [2.24, 2.45) is 0 Å². The monoisotopic (exact) mass is 156 g/mol. The molecule has 1 amide bonds. The standard InChI is InChI=1S/C6H8N2OS/c1-3-4-5(9)8(2)6(10)7-4/h3H,1-2H3,(H,7,10)/b4-3-. The topological polar surface area (TPSA) is 32.3 Å². The molecular formula is C6H8N2OS. The lowest BCUT2D eigenvalue weighted by atomic mass is 10.4. The molecule has 1 aliphatic heterocycles. The highest BCUT2D eigenvalue weighted by Gasteiger charge is 2.25. The van der Waals surface area contributed by atoms with Gasteiger partial charge in [0, 0.05) is 7.05 Å². The minimum atomic E-state index is -0.0625. The molecule has 0 aromatic carbocycles. The van der Waals surface area contributed by atoms with Crippen LogP contribution in [0.2, 0.25) is 0 Å². The Morgan fingerprint density at radius 2 is 2.30 bits per heavy atom. The quantitative estimate of drug-likeness (QED) is 0.402. The van der Waals surface area contributed by atoms with Crippen molar-refractivity contribution in [3.8, 4) is 0 Å². The highest BCUT2D eigenvalue weighted by Crippen LogP contribution is 2.05.